The second kappa shape index (κ2) is 15.4. The molecule has 0 radical (unpaired) electrons. The molecule has 13 nitrogen and oxygen atoms in total. The first-order valence-corrected chi connectivity index (χ1v) is 16.7. The van der Waals surface area contributed by atoms with Crippen molar-refractivity contribution in [2.24, 2.45) is 5.22 Å². The Hall–Kier alpha value is -5.72. The number of hydrogen-bond acceptors (Lipinski definition) is 10. The number of anilines is 1. The van der Waals surface area contributed by atoms with Gasteiger partial charge in [-0.05, 0) is 79.6 Å². The van der Waals surface area contributed by atoms with Crippen molar-refractivity contribution in [3.05, 3.63) is 82.5 Å². The molecule has 0 bridgehead atoms. The van der Waals surface area contributed by atoms with E-state index in [9.17, 15) is 19.2 Å². The van der Waals surface area contributed by atoms with Gasteiger partial charge in [0.25, 0.3) is 11.8 Å². The van der Waals surface area contributed by atoms with Crippen molar-refractivity contribution in [3.8, 4) is 23.0 Å². The summed E-state index contributed by atoms with van der Waals surface area (Å²) in [7, 11) is 3.13. The van der Waals surface area contributed by atoms with Crippen LogP contribution < -0.4 is 29.3 Å². The fraction of sp³-hybridized carbons (Fsp3) is 0.368. The Morgan fingerprint density at radius 2 is 1.65 bits per heavy atom. The number of hydrogen-bond donors (Lipinski definition) is 2. The third kappa shape index (κ3) is 7.87. The molecule has 5 rings (SSSR count). The van der Waals surface area contributed by atoms with Gasteiger partial charge in [0.05, 0.1) is 38.6 Å². The molecule has 51 heavy (non-hydrogen) atoms. The molecule has 3 aromatic rings. The van der Waals surface area contributed by atoms with Gasteiger partial charge < -0.3 is 18.9 Å². The Balaban J connectivity index is 1.25. The minimum absolute atomic E-state index is 0.0470. The maximum atomic E-state index is 13.3. The number of amides is 4. The molecular formula is C38H43N5O8. The number of allylic oxidation sites excluding steroid dienone is 1. The van der Waals surface area contributed by atoms with Gasteiger partial charge in [-0.3, -0.25) is 29.4 Å². The molecule has 13 heteroatoms. The normalized spacial score (nSPS) is 16.1. The first-order valence-electron chi connectivity index (χ1n) is 16.7. The van der Waals surface area contributed by atoms with Crippen molar-refractivity contribution < 1.29 is 38.1 Å². The molecule has 1 saturated heterocycles. The number of imide groups is 2. The summed E-state index contributed by atoms with van der Waals surface area (Å²) in [4.78, 5) is 51.4. The summed E-state index contributed by atoms with van der Waals surface area (Å²) in [6.07, 6.45) is 3.26. The van der Waals surface area contributed by atoms with E-state index in [0.29, 0.717) is 48.1 Å². The Bertz CT molecular complexity index is 1880. The second-order valence-electron chi connectivity index (χ2n) is 13.3. The lowest BCUT2D eigenvalue weighted by atomic mass is 9.86. The van der Waals surface area contributed by atoms with Gasteiger partial charge in [-0.25, -0.2) is 5.01 Å². The number of ether oxygens (including phenoxy) is 4. The summed E-state index contributed by atoms with van der Waals surface area (Å²) < 4.78 is 23.2. The number of rotatable bonds is 14. The molecule has 0 aromatic heterocycles. The third-order valence-corrected chi connectivity index (χ3v) is 8.77. The van der Waals surface area contributed by atoms with Gasteiger partial charge in [0.1, 0.15) is 34.7 Å². The summed E-state index contributed by atoms with van der Waals surface area (Å²) >= 11 is 0. The fourth-order valence-electron chi connectivity index (χ4n) is 6.00. The molecule has 2 aliphatic heterocycles. The standard InChI is InChI=1S/C38H43N5O8/c1-23(43(41-39)29-22-26(48-5)13-16-31(29)49-6)20-24-21-25(38(2,3)4)12-15-30(24)50-18-7-8-19-51-32-11-9-10-27-34(32)37(47)42(36(27)46)28-14-17-33(44)40-35(28)45/h9-13,15-16,20-22,28,39H,7-8,14,17-19H2,1-6H3,(H,40,44,45)/b23-20+,41-39?. The Morgan fingerprint density at radius 3 is 2.29 bits per heavy atom. The van der Waals surface area contributed by atoms with Crippen LogP contribution in [-0.4, -0.2) is 62.0 Å². The number of nitrogens with one attached hydrogen (secondary N) is 2. The number of fused-ring (bicyclic) bond motifs is 1. The average Bonchev–Trinajstić information content (AvgIpc) is 3.35. The van der Waals surface area contributed by atoms with E-state index in [4.69, 9.17) is 24.5 Å². The maximum absolute atomic E-state index is 13.3. The van der Waals surface area contributed by atoms with Crippen molar-refractivity contribution >= 4 is 35.4 Å². The molecular weight excluding hydrogens is 654 g/mol. The zero-order chi connectivity index (χ0) is 36.9. The molecule has 2 N–H and O–H groups in total. The van der Waals surface area contributed by atoms with Crippen LogP contribution >= 0.6 is 0 Å². The van der Waals surface area contributed by atoms with Gasteiger partial charge >= 0.3 is 0 Å². The Kier molecular flexibility index (Phi) is 11.1. The highest BCUT2D eigenvalue weighted by molar-refractivity contribution is 6.24. The lowest BCUT2D eigenvalue weighted by molar-refractivity contribution is -0.136. The van der Waals surface area contributed by atoms with Crippen LogP contribution in [0.15, 0.2) is 65.5 Å². The van der Waals surface area contributed by atoms with E-state index in [2.05, 4.69) is 37.4 Å². The minimum atomic E-state index is -1.05. The van der Waals surface area contributed by atoms with Crippen molar-refractivity contribution in [1.82, 2.24) is 10.2 Å². The number of carbonyl (C=O) groups excluding carboxylic acids is 4. The van der Waals surface area contributed by atoms with Crippen molar-refractivity contribution in [3.63, 3.8) is 0 Å². The van der Waals surface area contributed by atoms with Gasteiger partial charge in [0, 0.05) is 23.7 Å². The van der Waals surface area contributed by atoms with E-state index in [1.165, 1.54) is 11.1 Å². The quantitative estimate of drug-likeness (QED) is 0.0835. The van der Waals surface area contributed by atoms with Crippen LogP contribution in [0.3, 0.4) is 0 Å². The van der Waals surface area contributed by atoms with Gasteiger partial charge in [-0.15, -0.1) is 0 Å². The van der Waals surface area contributed by atoms with Gasteiger partial charge in [0.2, 0.25) is 11.8 Å². The van der Waals surface area contributed by atoms with Crippen LogP contribution in [0.4, 0.5) is 5.69 Å². The highest BCUT2D eigenvalue weighted by atomic mass is 16.5. The molecule has 1 fully saturated rings. The number of unbranched alkanes of at least 4 members (excludes halogenated alkanes) is 1. The fourth-order valence-corrected chi connectivity index (χ4v) is 6.00. The summed E-state index contributed by atoms with van der Waals surface area (Å²) in [5.41, 5.74) is 11.3. The zero-order valence-electron chi connectivity index (χ0n) is 29.7. The highest BCUT2D eigenvalue weighted by Crippen LogP contribution is 2.37. The molecule has 2 heterocycles. The molecule has 2 aliphatic rings. The highest BCUT2D eigenvalue weighted by Gasteiger charge is 2.46. The predicted octanol–water partition coefficient (Wildman–Crippen LogP) is 6.45. The van der Waals surface area contributed by atoms with Crippen LogP contribution in [0.1, 0.15) is 85.2 Å². The minimum Gasteiger partial charge on any atom is -0.497 e. The van der Waals surface area contributed by atoms with Gasteiger partial charge in [-0.1, -0.05) is 38.1 Å². The molecule has 3 aromatic carbocycles. The van der Waals surface area contributed by atoms with Crippen LogP contribution in [0.25, 0.3) is 6.08 Å². The smallest absolute Gasteiger partial charge is 0.266 e. The Morgan fingerprint density at radius 1 is 0.941 bits per heavy atom. The first-order chi connectivity index (χ1) is 24.4. The second-order valence-corrected chi connectivity index (χ2v) is 13.3. The molecule has 1 atom stereocenters. The first kappa shape index (κ1) is 36.6. The largest absolute Gasteiger partial charge is 0.497 e. The number of methoxy groups -OCH3 is 2. The topological polar surface area (TPSA) is 160 Å². The summed E-state index contributed by atoms with van der Waals surface area (Å²) in [6.45, 7) is 8.89. The SMILES string of the molecule is COc1ccc(OC)c(N(N=N)/C(C)=C/c2cc(C(C)(C)C)ccc2OCCCCOc2cccc3c2C(=O)N(C2CCC(=O)NC2=O)C3=O)c1. The molecule has 0 aliphatic carbocycles. The van der Waals surface area contributed by atoms with E-state index in [0.717, 1.165) is 16.0 Å². The van der Waals surface area contributed by atoms with Crippen LogP contribution in [0.5, 0.6) is 23.0 Å². The number of benzene rings is 3. The molecule has 268 valence electrons. The van der Waals surface area contributed by atoms with Gasteiger partial charge in [-0.2, -0.15) is 5.53 Å². The Labute approximate surface area is 297 Å². The average molecular weight is 698 g/mol. The number of piperidine rings is 1. The van der Waals surface area contributed by atoms with Crippen molar-refractivity contribution in [2.45, 2.75) is 64.8 Å². The van der Waals surface area contributed by atoms with Crippen molar-refractivity contribution in [2.75, 3.05) is 32.4 Å². The predicted molar refractivity (Wildman–Crippen MR) is 189 cm³/mol. The van der Waals surface area contributed by atoms with Crippen molar-refractivity contribution in [1.29, 1.82) is 5.53 Å². The number of nitrogens with zero attached hydrogens (tertiary/aromatic N) is 3. The van der Waals surface area contributed by atoms with Crippen LogP contribution in [0.2, 0.25) is 0 Å². The maximum Gasteiger partial charge on any atom is 0.266 e. The zero-order valence-corrected chi connectivity index (χ0v) is 29.7. The summed E-state index contributed by atoms with van der Waals surface area (Å²) in [5.74, 6) is -0.231. The molecule has 4 amide bonds. The van der Waals surface area contributed by atoms with Crippen LogP contribution in [0, 0.1) is 5.53 Å². The summed E-state index contributed by atoms with van der Waals surface area (Å²) in [5, 5.41) is 7.45. The molecule has 1 unspecified atom stereocenters. The monoisotopic (exact) mass is 697 g/mol. The lowest BCUT2D eigenvalue weighted by Crippen LogP contribution is -2.54. The van der Waals surface area contributed by atoms with E-state index >= 15 is 0 Å². The van der Waals surface area contributed by atoms with E-state index < -0.39 is 29.7 Å². The molecule has 0 spiro atoms. The number of carbonyl (C=O) groups is 4. The summed E-state index contributed by atoms with van der Waals surface area (Å²) in [6, 6.07) is 15.1. The van der Waals surface area contributed by atoms with E-state index in [1.54, 1.807) is 44.6 Å². The van der Waals surface area contributed by atoms with E-state index in [-0.39, 0.29) is 41.7 Å². The third-order valence-electron chi connectivity index (χ3n) is 8.77. The lowest BCUT2D eigenvalue weighted by Gasteiger charge is -2.27. The van der Waals surface area contributed by atoms with Crippen LogP contribution in [-0.2, 0) is 15.0 Å². The molecule has 0 saturated carbocycles. The van der Waals surface area contributed by atoms with Gasteiger partial charge in [0.15, 0.2) is 0 Å². The van der Waals surface area contributed by atoms with E-state index in [1.807, 2.05) is 25.1 Å².